The van der Waals surface area contributed by atoms with Crippen molar-refractivity contribution in [1.82, 2.24) is 0 Å². The van der Waals surface area contributed by atoms with Crippen molar-refractivity contribution in [3.8, 4) is 0 Å². The zero-order valence-corrected chi connectivity index (χ0v) is 5.71. The summed E-state index contributed by atoms with van der Waals surface area (Å²) in [7, 11) is 0. The molecule has 1 aliphatic heterocycles. The first-order chi connectivity index (χ1) is 4.24. The zero-order valence-electron chi connectivity index (χ0n) is 4.90. The van der Waals surface area contributed by atoms with Gasteiger partial charge in [0.15, 0.2) is 0 Å². The van der Waals surface area contributed by atoms with Gasteiger partial charge in [-0.25, -0.2) is 0 Å². The molecule has 1 unspecified atom stereocenters. The minimum absolute atomic E-state index is 0.0527. The Bertz CT molecular complexity index is 98.2. The molecule has 1 fully saturated rings. The number of aliphatic hydroxyl groups is 3. The lowest BCUT2D eigenvalue weighted by Crippen LogP contribution is -2.20. The van der Waals surface area contributed by atoms with Crippen LogP contribution >= 0.6 is 11.8 Å². The first-order valence-electron chi connectivity index (χ1n) is 2.86. The van der Waals surface area contributed by atoms with Crippen LogP contribution in [0.5, 0.6) is 0 Å². The predicted octanol–water partition coefficient (Wildman–Crippen LogP) is -0.837. The Morgan fingerprint density at radius 1 is 1.44 bits per heavy atom. The van der Waals surface area contributed by atoms with Gasteiger partial charge in [0.25, 0.3) is 0 Å². The van der Waals surface area contributed by atoms with Crippen molar-refractivity contribution in [1.29, 1.82) is 0 Å². The molecule has 0 aromatic carbocycles. The summed E-state index contributed by atoms with van der Waals surface area (Å²) >= 11 is 1.23. The number of rotatable bonds is 1. The molecule has 1 saturated heterocycles. The fourth-order valence-electron chi connectivity index (χ4n) is 0.871. The summed E-state index contributed by atoms with van der Waals surface area (Å²) in [6.07, 6.45) is -0.148. The summed E-state index contributed by atoms with van der Waals surface area (Å²) in [5, 5.41) is 26.3. The van der Waals surface area contributed by atoms with Gasteiger partial charge in [-0.15, -0.1) is 11.8 Å². The Labute approximate surface area is 57.7 Å². The highest BCUT2D eigenvalue weighted by Gasteiger charge is 2.31. The molecule has 3 atom stereocenters. The molecular weight excluding hydrogens is 140 g/mol. The van der Waals surface area contributed by atoms with E-state index >= 15 is 0 Å². The quantitative estimate of drug-likeness (QED) is 0.456. The van der Waals surface area contributed by atoms with Crippen molar-refractivity contribution in [2.75, 3.05) is 6.61 Å². The second kappa shape index (κ2) is 2.88. The molecule has 1 heterocycles. The van der Waals surface area contributed by atoms with Gasteiger partial charge in [0, 0.05) is 6.42 Å². The normalized spacial score (nSPS) is 43.7. The maximum atomic E-state index is 9.02. The summed E-state index contributed by atoms with van der Waals surface area (Å²) in [5.41, 5.74) is -0.489. The van der Waals surface area contributed by atoms with Crippen LogP contribution < -0.4 is 0 Å². The van der Waals surface area contributed by atoms with Gasteiger partial charge in [0.2, 0.25) is 0 Å². The molecular formula is C5H10O3S. The smallest absolute Gasteiger partial charge is 0.102 e. The van der Waals surface area contributed by atoms with Crippen molar-refractivity contribution in [3.63, 3.8) is 0 Å². The fraction of sp³-hybridized carbons (Fsp3) is 1.00. The van der Waals surface area contributed by atoms with E-state index in [9.17, 15) is 0 Å². The molecule has 54 valence electrons. The van der Waals surface area contributed by atoms with Crippen LogP contribution in [0.3, 0.4) is 0 Å². The molecule has 4 heteroatoms. The molecule has 0 aromatic rings. The molecule has 3 nitrogen and oxygen atoms in total. The van der Waals surface area contributed by atoms with Crippen molar-refractivity contribution >= 4 is 11.8 Å². The molecule has 3 N–H and O–H groups in total. The van der Waals surface area contributed by atoms with Crippen LogP contribution in [0.25, 0.3) is 0 Å². The molecule has 9 heavy (non-hydrogen) atoms. The SMILES string of the molecule is OC[C@H]1SC(O)C[C@@H]1O. The van der Waals surface area contributed by atoms with E-state index in [1.54, 1.807) is 0 Å². The molecule has 0 radical (unpaired) electrons. The Morgan fingerprint density at radius 2 is 2.11 bits per heavy atom. The summed E-state index contributed by atoms with van der Waals surface area (Å²) in [6.45, 7) is -0.0527. The lowest BCUT2D eigenvalue weighted by atomic mass is 10.2. The van der Waals surface area contributed by atoms with Gasteiger partial charge in [-0.1, -0.05) is 0 Å². The standard InChI is InChI=1S/C5H10O3S/c6-2-4-3(7)1-5(8)9-4/h3-8H,1-2H2/t3-,4+,5?/m0/s1. The fourth-order valence-corrected chi connectivity index (χ4v) is 1.96. The highest BCUT2D eigenvalue weighted by atomic mass is 32.2. The Kier molecular flexibility index (Phi) is 2.35. The van der Waals surface area contributed by atoms with Crippen LogP contribution in [-0.2, 0) is 0 Å². The van der Waals surface area contributed by atoms with Crippen LogP contribution in [0, 0.1) is 0 Å². The van der Waals surface area contributed by atoms with Gasteiger partial charge in [-0.2, -0.15) is 0 Å². The van der Waals surface area contributed by atoms with E-state index in [1.165, 1.54) is 11.8 Å². The van der Waals surface area contributed by atoms with Crippen LogP contribution in [-0.4, -0.2) is 38.7 Å². The molecule has 0 spiro atoms. The predicted molar refractivity (Wildman–Crippen MR) is 35.1 cm³/mol. The molecule has 0 bridgehead atoms. The lowest BCUT2D eigenvalue weighted by Gasteiger charge is -2.07. The van der Waals surface area contributed by atoms with E-state index in [0.29, 0.717) is 6.42 Å². The molecule has 1 rings (SSSR count). The third-order valence-corrected chi connectivity index (χ3v) is 2.70. The van der Waals surface area contributed by atoms with E-state index in [1.807, 2.05) is 0 Å². The van der Waals surface area contributed by atoms with Gasteiger partial charge in [-0.3, -0.25) is 0 Å². The number of thioether (sulfide) groups is 1. The third kappa shape index (κ3) is 1.58. The largest absolute Gasteiger partial charge is 0.395 e. The highest BCUT2D eigenvalue weighted by molar-refractivity contribution is 8.00. The average Bonchev–Trinajstić information content (AvgIpc) is 2.10. The second-order valence-corrected chi connectivity index (χ2v) is 3.54. The first kappa shape index (κ1) is 7.34. The minimum Gasteiger partial charge on any atom is -0.395 e. The van der Waals surface area contributed by atoms with E-state index in [0.717, 1.165) is 0 Å². The Hall–Kier alpha value is 0.230. The van der Waals surface area contributed by atoms with Crippen LogP contribution in [0.15, 0.2) is 0 Å². The van der Waals surface area contributed by atoms with Crippen molar-refractivity contribution in [2.45, 2.75) is 23.2 Å². The van der Waals surface area contributed by atoms with Crippen molar-refractivity contribution < 1.29 is 15.3 Å². The third-order valence-electron chi connectivity index (χ3n) is 1.38. The van der Waals surface area contributed by atoms with Crippen molar-refractivity contribution in [3.05, 3.63) is 0 Å². The van der Waals surface area contributed by atoms with E-state index in [2.05, 4.69) is 0 Å². The molecule has 0 aliphatic carbocycles. The lowest BCUT2D eigenvalue weighted by molar-refractivity contribution is 0.118. The van der Waals surface area contributed by atoms with Gasteiger partial charge >= 0.3 is 0 Å². The van der Waals surface area contributed by atoms with E-state index in [4.69, 9.17) is 15.3 Å². The van der Waals surface area contributed by atoms with Gasteiger partial charge in [0.05, 0.1) is 18.0 Å². The molecule has 0 saturated carbocycles. The molecule has 1 aliphatic rings. The highest BCUT2D eigenvalue weighted by Crippen LogP contribution is 2.31. The summed E-state index contributed by atoms with van der Waals surface area (Å²) in [5.74, 6) is 0. The Balaban J connectivity index is 2.38. The van der Waals surface area contributed by atoms with Gasteiger partial charge in [0.1, 0.15) is 5.44 Å². The molecule has 0 amide bonds. The second-order valence-electron chi connectivity index (χ2n) is 2.11. The number of hydrogen-bond donors (Lipinski definition) is 3. The maximum absolute atomic E-state index is 9.02. The monoisotopic (exact) mass is 150 g/mol. The van der Waals surface area contributed by atoms with Crippen LogP contribution in [0.4, 0.5) is 0 Å². The maximum Gasteiger partial charge on any atom is 0.102 e. The Morgan fingerprint density at radius 3 is 2.33 bits per heavy atom. The number of aliphatic hydroxyl groups excluding tert-OH is 3. The van der Waals surface area contributed by atoms with Crippen LogP contribution in [0.2, 0.25) is 0 Å². The average molecular weight is 150 g/mol. The summed E-state index contributed by atoms with van der Waals surface area (Å²) < 4.78 is 0. The summed E-state index contributed by atoms with van der Waals surface area (Å²) in [6, 6.07) is 0. The van der Waals surface area contributed by atoms with Crippen molar-refractivity contribution in [2.24, 2.45) is 0 Å². The van der Waals surface area contributed by atoms with Crippen LogP contribution in [0.1, 0.15) is 6.42 Å². The van der Waals surface area contributed by atoms with E-state index < -0.39 is 11.5 Å². The zero-order chi connectivity index (χ0) is 6.85. The molecule has 0 aromatic heterocycles. The first-order valence-corrected chi connectivity index (χ1v) is 3.80. The van der Waals surface area contributed by atoms with E-state index in [-0.39, 0.29) is 11.9 Å². The summed E-state index contributed by atoms with van der Waals surface area (Å²) in [4.78, 5) is 0. The topological polar surface area (TPSA) is 60.7 Å². The minimum atomic E-state index is -0.532. The van der Waals surface area contributed by atoms with Gasteiger partial charge < -0.3 is 15.3 Å². The van der Waals surface area contributed by atoms with Gasteiger partial charge in [-0.05, 0) is 0 Å². The number of hydrogen-bond acceptors (Lipinski definition) is 4.